The topological polar surface area (TPSA) is 75.7 Å². The molecule has 1 aliphatic heterocycles. The van der Waals surface area contributed by atoms with Crippen LogP contribution in [0.2, 0.25) is 0 Å². The van der Waals surface area contributed by atoms with Gasteiger partial charge in [-0.25, -0.2) is 0 Å². The highest BCUT2D eigenvalue weighted by atomic mass is 32.2. The van der Waals surface area contributed by atoms with Gasteiger partial charge in [-0.15, -0.1) is 0 Å². The zero-order valence-corrected chi connectivity index (χ0v) is 13.6. The zero-order valence-electron chi connectivity index (χ0n) is 12.8. The molecule has 0 bridgehead atoms. The zero-order chi connectivity index (χ0) is 15.4. The van der Waals surface area contributed by atoms with E-state index in [0.29, 0.717) is 31.8 Å². The van der Waals surface area contributed by atoms with E-state index in [2.05, 4.69) is 11.6 Å². The molecule has 0 saturated carbocycles. The van der Waals surface area contributed by atoms with Crippen LogP contribution in [0.3, 0.4) is 0 Å². The Morgan fingerprint density at radius 2 is 1.95 bits per heavy atom. The summed E-state index contributed by atoms with van der Waals surface area (Å²) in [6, 6.07) is 0. The minimum atomic E-state index is -3.66. The van der Waals surface area contributed by atoms with Crippen molar-refractivity contribution in [1.82, 2.24) is 9.03 Å². The first-order valence-corrected chi connectivity index (χ1v) is 8.56. The van der Waals surface area contributed by atoms with Crippen LogP contribution in [-0.4, -0.2) is 44.4 Å². The maximum atomic E-state index is 12.4. The lowest BCUT2D eigenvalue weighted by Gasteiger charge is -2.34. The summed E-state index contributed by atoms with van der Waals surface area (Å²) < 4.78 is 33.5. The van der Waals surface area contributed by atoms with Gasteiger partial charge in [-0.1, -0.05) is 20.3 Å². The van der Waals surface area contributed by atoms with Gasteiger partial charge in [-0.3, -0.25) is 4.79 Å². The highest BCUT2D eigenvalue weighted by Crippen LogP contribution is 2.21. The maximum Gasteiger partial charge on any atom is 0.326 e. The lowest BCUT2D eigenvalue weighted by atomic mass is 9.98. The largest absolute Gasteiger partial charge is 0.468 e. The molecule has 0 amide bonds. The van der Waals surface area contributed by atoms with E-state index >= 15 is 0 Å². The molecule has 1 fully saturated rings. The van der Waals surface area contributed by atoms with Crippen molar-refractivity contribution in [3.8, 4) is 0 Å². The molecule has 0 aromatic carbocycles. The predicted octanol–water partition coefficient (Wildman–Crippen LogP) is 1.28. The lowest BCUT2D eigenvalue weighted by Crippen LogP contribution is -2.57. The standard InChI is InChI=1S/C13H26N2O4S/c1-5-8-13(3,12(16)19-4)14-20(17,18)15-9-6-11(2)7-10-15/h11,14H,5-10H2,1-4H3. The van der Waals surface area contributed by atoms with Crippen LogP contribution in [0, 0.1) is 5.92 Å². The van der Waals surface area contributed by atoms with E-state index in [1.165, 1.54) is 11.4 Å². The van der Waals surface area contributed by atoms with Crippen molar-refractivity contribution < 1.29 is 17.9 Å². The van der Waals surface area contributed by atoms with Gasteiger partial charge < -0.3 is 4.74 Å². The summed E-state index contributed by atoms with van der Waals surface area (Å²) in [5, 5.41) is 0. The number of hydrogen-bond acceptors (Lipinski definition) is 4. The van der Waals surface area contributed by atoms with Gasteiger partial charge >= 0.3 is 5.97 Å². The molecule has 1 aliphatic rings. The van der Waals surface area contributed by atoms with E-state index in [0.717, 1.165) is 12.8 Å². The van der Waals surface area contributed by atoms with Gasteiger partial charge in [0.1, 0.15) is 5.54 Å². The van der Waals surface area contributed by atoms with Gasteiger partial charge in [-0.05, 0) is 32.1 Å². The molecule has 118 valence electrons. The third-order valence-corrected chi connectivity index (χ3v) is 5.58. The van der Waals surface area contributed by atoms with Crippen LogP contribution in [0.5, 0.6) is 0 Å². The minimum absolute atomic E-state index is 0.406. The molecule has 1 rings (SSSR count). The van der Waals surface area contributed by atoms with Crippen LogP contribution < -0.4 is 4.72 Å². The van der Waals surface area contributed by atoms with Crippen molar-refractivity contribution in [2.24, 2.45) is 5.92 Å². The second kappa shape index (κ2) is 6.87. The van der Waals surface area contributed by atoms with Crippen molar-refractivity contribution in [3.63, 3.8) is 0 Å². The number of carbonyl (C=O) groups excluding carboxylic acids is 1. The second-order valence-corrected chi connectivity index (χ2v) is 7.43. The first-order chi connectivity index (χ1) is 9.25. The van der Waals surface area contributed by atoms with Crippen LogP contribution in [0.15, 0.2) is 0 Å². The van der Waals surface area contributed by atoms with Crippen molar-refractivity contribution >= 4 is 16.2 Å². The smallest absolute Gasteiger partial charge is 0.326 e. The predicted molar refractivity (Wildman–Crippen MR) is 77.4 cm³/mol. The first-order valence-electron chi connectivity index (χ1n) is 7.12. The molecule has 1 saturated heterocycles. The van der Waals surface area contributed by atoms with Gasteiger partial charge in [0.2, 0.25) is 0 Å². The second-order valence-electron chi connectivity index (χ2n) is 5.76. The van der Waals surface area contributed by atoms with Gasteiger partial charge in [0.05, 0.1) is 7.11 Å². The van der Waals surface area contributed by atoms with Crippen molar-refractivity contribution in [2.45, 2.75) is 52.0 Å². The number of rotatable bonds is 6. The Kier molecular flexibility index (Phi) is 5.97. The molecule has 0 aliphatic carbocycles. The number of piperidine rings is 1. The summed E-state index contributed by atoms with van der Waals surface area (Å²) in [5.41, 5.74) is -1.20. The molecule has 1 heterocycles. The van der Waals surface area contributed by atoms with E-state index in [1.54, 1.807) is 6.92 Å². The number of nitrogens with one attached hydrogen (secondary N) is 1. The lowest BCUT2D eigenvalue weighted by molar-refractivity contribution is -0.147. The summed E-state index contributed by atoms with van der Waals surface area (Å²) >= 11 is 0. The van der Waals surface area contributed by atoms with Crippen LogP contribution in [0.25, 0.3) is 0 Å². The maximum absolute atomic E-state index is 12.4. The minimum Gasteiger partial charge on any atom is -0.468 e. The molecule has 7 heteroatoms. The van der Waals surface area contributed by atoms with Gasteiger partial charge in [-0.2, -0.15) is 17.4 Å². The number of esters is 1. The van der Waals surface area contributed by atoms with Crippen LogP contribution in [-0.2, 0) is 19.7 Å². The Bertz CT molecular complexity index is 430. The molecule has 6 nitrogen and oxygen atoms in total. The molecule has 20 heavy (non-hydrogen) atoms. The summed E-state index contributed by atoms with van der Waals surface area (Å²) in [5.74, 6) is -0.00242. The highest BCUT2D eigenvalue weighted by Gasteiger charge is 2.40. The molecule has 1 unspecified atom stereocenters. The highest BCUT2D eigenvalue weighted by molar-refractivity contribution is 7.87. The van der Waals surface area contributed by atoms with E-state index in [4.69, 9.17) is 4.74 Å². The Balaban J connectivity index is 2.83. The van der Waals surface area contributed by atoms with E-state index in [1.807, 2.05) is 6.92 Å². The van der Waals surface area contributed by atoms with Gasteiger partial charge in [0.25, 0.3) is 10.2 Å². The molecule has 0 spiro atoms. The third kappa shape index (κ3) is 4.17. The van der Waals surface area contributed by atoms with Crippen LogP contribution in [0.4, 0.5) is 0 Å². The quantitative estimate of drug-likeness (QED) is 0.750. The fourth-order valence-electron chi connectivity index (χ4n) is 2.49. The molecule has 0 radical (unpaired) electrons. The number of hydrogen-bond donors (Lipinski definition) is 1. The molecule has 0 aromatic rings. The monoisotopic (exact) mass is 306 g/mol. The number of methoxy groups -OCH3 is 1. The Morgan fingerprint density at radius 1 is 1.40 bits per heavy atom. The van der Waals surface area contributed by atoms with E-state index in [9.17, 15) is 13.2 Å². The SMILES string of the molecule is CCCC(C)(NS(=O)(=O)N1CCC(C)CC1)C(=O)OC. The van der Waals surface area contributed by atoms with Crippen molar-refractivity contribution in [2.75, 3.05) is 20.2 Å². The van der Waals surface area contributed by atoms with Crippen LogP contribution in [0.1, 0.15) is 46.5 Å². The number of nitrogens with zero attached hydrogens (tertiary/aromatic N) is 1. The molecule has 1 N–H and O–H groups in total. The Hall–Kier alpha value is -0.660. The molecule has 0 aromatic heterocycles. The van der Waals surface area contributed by atoms with E-state index in [-0.39, 0.29) is 0 Å². The number of carbonyl (C=O) groups is 1. The normalized spacial score (nSPS) is 21.4. The summed E-state index contributed by atoms with van der Waals surface area (Å²) in [6.45, 7) is 6.59. The Morgan fingerprint density at radius 3 is 2.40 bits per heavy atom. The first kappa shape index (κ1) is 17.4. The van der Waals surface area contributed by atoms with Crippen molar-refractivity contribution in [3.05, 3.63) is 0 Å². The fraction of sp³-hybridized carbons (Fsp3) is 0.923. The number of ether oxygens (including phenoxy) is 1. The third-order valence-electron chi connectivity index (χ3n) is 3.82. The summed E-state index contributed by atoms with van der Waals surface area (Å²) in [6.07, 6.45) is 2.79. The average Bonchev–Trinajstić information content (AvgIpc) is 2.37. The van der Waals surface area contributed by atoms with Crippen LogP contribution >= 0.6 is 0 Å². The average molecular weight is 306 g/mol. The molecule has 1 atom stereocenters. The summed E-state index contributed by atoms with van der Waals surface area (Å²) in [7, 11) is -2.39. The summed E-state index contributed by atoms with van der Waals surface area (Å²) in [4.78, 5) is 11.9. The Labute approximate surface area is 122 Å². The van der Waals surface area contributed by atoms with E-state index < -0.39 is 21.7 Å². The molecular weight excluding hydrogens is 280 g/mol. The van der Waals surface area contributed by atoms with Gasteiger partial charge in [0.15, 0.2) is 0 Å². The van der Waals surface area contributed by atoms with Crippen molar-refractivity contribution in [1.29, 1.82) is 0 Å². The van der Waals surface area contributed by atoms with Gasteiger partial charge in [0, 0.05) is 13.1 Å². The fourth-order valence-corrected chi connectivity index (χ4v) is 4.07. The molecular formula is C13H26N2O4S.